The van der Waals surface area contributed by atoms with Gasteiger partial charge < -0.3 is 0 Å². The van der Waals surface area contributed by atoms with E-state index in [9.17, 15) is 4.79 Å². The zero-order valence-electron chi connectivity index (χ0n) is 10.6. The Morgan fingerprint density at radius 3 is 2.33 bits per heavy atom. The molecular formula is C14H26O. The van der Waals surface area contributed by atoms with Crippen molar-refractivity contribution in [1.82, 2.24) is 0 Å². The van der Waals surface area contributed by atoms with Crippen LogP contribution in [0.5, 0.6) is 0 Å². The van der Waals surface area contributed by atoms with E-state index in [0.29, 0.717) is 17.6 Å². The predicted octanol–water partition coefficient (Wildman–Crippen LogP) is 4.21. The molecule has 1 aliphatic rings. The van der Waals surface area contributed by atoms with Crippen LogP contribution >= 0.6 is 0 Å². The molecule has 88 valence electrons. The lowest BCUT2D eigenvalue weighted by Crippen LogP contribution is -2.19. The third kappa shape index (κ3) is 3.96. The van der Waals surface area contributed by atoms with Crippen molar-refractivity contribution in [3.05, 3.63) is 0 Å². The second kappa shape index (κ2) is 6.30. The van der Waals surface area contributed by atoms with Gasteiger partial charge in [0, 0.05) is 11.8 Å². The van der Waals surface area contributed by atoms with Crippen molar-refractivity contribution >= 4 is 5.78 Å². The van der Waals surface area contributed by atoms with Gasteiger partial charge in [-0.25, -0.2) is 0 Å². The molecule has 0 heterocycles. The minimum atomic E-state index is 0.307. The Kier molecular flexibility index (Phi) is 5.35. The van der Waals surface area contributed by atoms with Crippen LogP contribution in [0.2, 0.25) is 0 Å². The minimum Gasteiger partial charge on any atom is -0.299 e. The van der Waals surface area contributed by atoms with Crippen molar-refractivity contribution in [2.24, 2.45) is 17.8 Å². The molecule has 0 spiro atoms. The van der Waals surface area contributed by atoms with E-state index < -0.39 is 0 Å². The molecule has 1 heteroatoms. The second-order valence-corrected chi connectivity index (χ2v) is 5.38. The third-order valence-electron chi connectivity index (χ3n) is 4.03. The number of hydrogen-bond donors (Lipinski definition) is 0. The maximum Gasteiger partial charge on any atom is 0.138 e. The van der Waals surface area contributed by atoms with Gasteiger partial charge in [0.05, 0.1) is 0 Å². The highest BCUT2D eigenvalue weighted by Crippen LogP contribution is 2.29. The fourth-order valence-corrected chi connectivity index (χ4v) is 2.49. The fourth-order valence-electron chi connectivity index (χ4n) is 2.49. The van der Waals surface area contributed by atoms with Crippen LogP contribution in [0.15, 0.2) is 0 Å². The molecule has 0 aromatic heterocycles. The van der Waals surface area contributed by atoms with Crippen LogP contribution in [0.25, 0.3) is 0 Å². The first-order valence-electron chi connectivity index (χ1n) is 6.68. The van der Waals surface area contributed by atoms with E-state index in [1.165, 1.54) is 25.7 Å². The van der Waals surface area contributed by atoms with Gasteiger partial charge in [0.25, 0.3) is 0 Å². The number of rotatable bonds is 6. The van der Waals surface area contributed by atoms with Gasteiger partial charge in [-0.05, 0) is 25.2 Å². The number of Topliss-reactive ketones (excluding diaryl/α,β-unsaturated/α-hetero) is 1. The van der Waals surface area contributed by atoms with Gasteiger partial charge >= 0.3 is 0 Å². The summed E-state index contributed by atoms with van der Waals surface area (Å²) in [6.07, 6.45) is 8.42. The molecular weight excluding hydrogens is 184 g/mol. The lowest BCUT2D eigenvalue weighted by molar-refractivity contribution is -0.126. The van der Waals surface area contributed by atoms with Gasteiger partial charge in [0.2, 0.25) is 0 Å². The SMILES string of the molecule is CC[C@@H](C)CCC(C)C(=O)C1CCCC1. The smallest absolute Gasteiger partial charge is 0.138 e. The Hall–Kier alpha value is -0.330. The van der Waals surface area contributed by atoms with Crippen LogP contribution in [0, 0.1) is 17.8 Å². The van der Waals surface area contributed by atoms with E-state index in [4.69, 9.17) is 0 Å². The average Bonchev–Trinajstić information content (AvgIpc) is 2.77. The van der Waals surface area contributed by atoms with Crippen LogP contribution in [0.4, 0.5) is 0 Å². The molecule has 1 unspecified atom stereocenters. The molecule has 0 N–H and O–H groups in total. The van der Waals surface area contributed by atoms with Crippen LogP contribution in [-0.2, 0) is 4.79 Å². The maximum absolute atomic E-state index is 12.0. The van der Waals surface area contributed by atoms with E-state index in [-0.39, 0.29) is 0 Å². The molecule has 0 aromatic carbocycles. The topological polar surface area (TPSA) is 17.1 Å². The molecule has 1 aliphatic carbocycles. The van der Waals surface area contributed by atoms with Crippen molar-refractivity contribution in [2.75, 3.05) is 0 Å². The van der Waals surface area contributed by atoms with Crippen molar-refractivity contribution in [2.45, 2.75) is 65.7 Å². The molecule has 1 rings (SSSR count). The number of hydrogen-bond acceptors (Lipinski definition) is 1. The second-order valence-electron chi connectivity index (χ2n) is 5.38. The Balaban J connectivity index is 2.26. The quantitative estimate of drug-likeness (QED) is 0.642. The Bertz CT molecular complexity index is 192. The Morgan fingerprint density at radius 1 is 1.20 bits per heavy atom. The lowest BCUT2D eigenvalue weighted by Gasteiger charge is -2.16. The first-order valence-corrected chi connectivity index (χ1v) is 6.68. The summed E-state index contributed by atoms with van der Waals surface area (Å²) >= 11 is 0. The van der Waals surface area contributed by atoms with Crippen molar-refractivity contribution in [3.63, 3.8) is 0 Å². The summed E-state index contributed by atoms with van der Waals surface area (Å²) in [7, 11) is 0. The zero-order valence-corrected chi connectivity index (χ0v) is 10.6. The summed E-state index contributed by atoms with van der Waals surface area (Å²) in [6.45, 7) is 6.64. The first kappa shape index (κ1) is 12.7. The van der Waals surface area contributed by atoms with Crippen LogP contribution in [0.3, 0.4) is 0 Å². The third-order valence-corrected chi connectivity index (χ3v) is 4.03. The summed E-state index contributed by atoms with van der Waals surface area (Å²) < 4.78 is 0. The molecule has 0 amide bonds. The summed E-state index contributed by atoms with van der Waals surface area (Å²) in [4.78, 5) is 12.0. The molecule has 0 radical (unpaired) electrons. The highest BCUT2D eigenvalue weighted by Gasteiger charge is 2.26. The summed E-state index contributed by atoms with van der Waals surface area (Å²) in [5.41, 5.74) is 0. The zero-order chi connectivity index (χ0) is 11.3. The van der Waals surface area contributed by atoms with Crippen LogP contribution < -0.4 is 0 Å². The maximum atomic E-state index is 12.0. The highest BCUT2D eigenvalue weighted by molar-refractivity contribution is 5.83. The first-order chi connectivity index (χ1) is 7.15. The number of carbonyl (C=O) groups excluding carboxylic acids is 1. The van der Waals surface area contributed by atoms with E-state index >= 15 is 0 Å². The Labute approximate surface area is 94.6 Å². The molecule has 2 atom stereocenters. The largest absolute Gasteiger partial charge is 0.299 e. The molecule has 0 saturated heterocycles. The number of ketones is 1. The van der Waals surface area contributed by atoms with Crippen molar-refractivity contribution in [1.29, 1.82) is 0 Å². The van der Waals surface area contributed by atoms with E-state index in [1.54, 1.807) is 0 Å². The van der Waals surface area contributed by atoms with Gasteiger partial charge in [0.1, 0.15) is 5.78 Å². The summed E-state index contributed by atoms with van der Waals surface area (Å²) in [5.74, 6) is 2.05. The molecule has 0 aromatic rings. The summed E-state index contributed by atoms with van der Waals surface area (Å²) in [5, 5.41) is 0. The van der Waals surface area contributed by atoms with E-state index in [2.05, 4.69) is 20.8 Å². The molecule has 1 saturated carbocycles. The van der Waals surface area contributed by atoms with Crippen molar-refractivity contribution < 1.29 is 4.79 Å². The monoisotopic (exact) mass is 210 g/mol. The predicted molar refractivity (Wildman–Crippen MR) is 64.8 cm³/mol. The number of carbonyl (C=O) groups is 1. The average molecular weight is 210 g/mol. The molecule has 0 aliphatic heterocycles. The normalized spacial score (nSPS) is 21.5. The standard InChI is InChI=1S/C14H26O/c1-4-11(2)9-10-12(3)14(15)13-7-5-6-8-13/h11-13H,4-10H2,1-3H3/t11-,12?/m1/s1. The lowest BCUT2D eigenvalue weighted by atomic mass is 9.87. The molecule has 0 bridgehead atoms. The molecule has 1 fully saturated rings. The minimum absolute atomic E-state index is 0.307. The van der Waals surface area contributed by atoms with Gasteiger partial charge in [0.15, 0.2) is 0 Å². The van der Waals surface area contributed by atoms with Crippen LogP contribution in [-0.4, -0.2) is 5.78 Å². The van der Waals surface area contributed by atoms with Crippen LogP contribution in [0.1, 0.15) is 65.7 Å². The van der Waals surface area contributed by atoms with Gasteiger partial charge in [-0.2, -0.15) is 0 Å². The van der Waals surface area contributed by atoms with Crippen molar-refractivity contribution in [3.8, 4) is 0 Å². The van der Waals surface area contributed by atoms with Gasteiger partial charge in [-0.15, -0.1) is 0 Å². The Morgan fingerprint density at radius 2 is 1.80 bits per heavy atom. The molecule has 1 nitrogen and oxygen atoms in total. The highest BCUT2D eigenvalue weighted by atomic mass is 16.1. The summed E-state index contributed by atoms with van der Waals surface area (Å²) in [6, 6.07) is 0. The van der Waals surface area contributed by atoms with Gasteiger partial charge in [-0.1, -0.05) is 46.5 Å². The molecule has 15 heavy (non-hydrogen) atoms. The fraction of sp³-hybridized carbons (Fsp3) is 0.929. The van der Waals surface area contributed by atoms with E-state index in [0.717, 1.165) is 25.2 Å². The van der Waals surface area contributed by atoms with E-state index in [1.807, 2.05) is 0 Å². The van der Waals surface area contributed by atoms with Gasteiger partial charge in [-0.3, -0.25) is 4.79 Å².